The van der Waals surface area contributed by atoms with Gasteiger partial charge in [-0.25, -0.2) is 0 Å². The second kappa shape index (κ2) is 9.13. The lowest BCUT2D eigenvalue weighted by atomic mass is 9.98. The predicted molar refractivity (Wildman–Crippen MR) is 132 cm³/mol. The first kappa shape index (κ1) is 20.7. The zero-order chi connectivity index (χ0) is 22.6. The molecule has 0 atom stereocenters. The van der Waals surface area contributed by atoms with E-state index in [1.165, 1.54) is 11.1 Å². The molecule has 33 heavy (non-hydrogen) atoms. The minimum Gasteiger partial charge on any atom is -0.326 e. The molecular formula is C29H24N2O2. The van der Waals surface area contributed by atoms with Crippen LogP contribution < -0.4 is 10.2 Å². The van der Waals surface area contributed by atoms with Gasteiger partial charge in [0, 0.05) is 23.4 Å². The Hall–Kier alpha value is -4.18. The summed E-state index contributed by atoms with van der Waals surface area (Å²) in [6.07, 6.45) is 1.11. The molecule has 4 aromatic rings. The molecule has 4 nitrogen and oxygen atoms in total. The summed E-state index contributed by atoms with van der Waals surface area (Å²) < 4.78 is 0. The van der Waals surface area contributed by atoms with E-state index in [4.69, 9.17) is 0 Å². The highest BCUT2D eigenvalue weighted by molar-refractivity contribution is 6.09. The molecule has 0 saturated carbocycles. The number of amides is 2. The Labute approximate surface area is 193 Å². The molecule has 4 heteroatoms. The first-order chi connectivity index (χ1) is 16.2. The van der Waals surface area contributed by atoms with Crippen molar-refractivity contribution < 1.29 is 9.59 Å². The van der Waals surface area contributed by atoms with Crippen molar-refractivity contribution >= 4 is 23.2 Å². The largest absolute Gasteiger partial charge is 0.326 e. The van der Waals surface area contributed by atoms with Crippen molar-refractivity contribution in [1.82, 2.24) is 0 Å². The van der Waals surface area contributed by atoms with Crippen molar-refractivity contribution in [2.24, 2.45) is 0 Å². The number of nitrogens with zero attached hydrogens (tertiary/aromatic N) is 1. The Morgan fingerprint density at radius 1 is 0.727 bits per heavy atom. The van der Waals surface area contributed by atoms with E-state index in [1.54, 1.807) is 24.3 Å². The fraction of sp³-hybridized carbons (Fsp3) is 0.103. The summed E-state index contributed by atoms with van der Waals surface area (Å²) in [7, 11) is 0. The zero-order valence-corrected chi connectivity index (χ0v) is 18.2. The third-order valence-electron chi connectivity index (χ3n) is 5.98. The van der Waals surface area contributed by atoms with Gasteiger partial charge in [0.1, 0.15) is 0 Å². The first-order valence-electron chi connectivity index (χ1n) is 11.1. The van der Waals surface area contributed by atoms with Crippen molar-refractivity contribution in [3.05, 3.63) is 120 Å². The molecule has 2 amide bonds. The van der Waals surface area contributed by atoms with E-state index in [9.17, 15) is 9.59 Å². The van der Waals surface area contributed by atoms with Crippen molar-refractivity contribution in [1.29, 1.82) is 0 Å². The van der Waals surface area contributed by atoms with E-state index in [-0.39, 0.29) is 11.8 Å². The van der Waals surface area contributed by atoms with Gasteiger partial charge in [-0.1, -0.05) is 72.8 Å². The summed E-state index contributed by atoms with van der Waals surface area (Å²) in [6.45, 7) is 0.614. The zero-order valence-electron chi connectivity index (χ0n) is 18.2. The van der Waals surface area contributed by atoms with Gasteiger partial charge >= 0.3 is 0 Å². The molecule has 0 aliphatic carbocycles. The standard InChI is InChI=1S/C29H24N2O2/c32-28(20-21-8-2-1-3-9-21)30-24-16-14-23(15-17-24)29(33)31-19-18-22-10-4-5-11-25(22)26-12-6-7-13-27(26)31/h1-17H,18-20H2,(H,30,32). The van der Waals surface area contributed by atoms with Gasteiger partial charge in [0.2, 0.25) is 5.91 Å². The van der Waals surface area contributed by atoms with E-state index < -0.39 is 0 Å². The number of nitrogens with one attached hydrogen (secondary N) is 1. The number of rotatable bonds is 4. The lowest BCUT2D eigenvalue weighted by Crippen LogP contribution is -2.32. The molecule has 4 aromatic carbocycles. The average molecular weight is 433 g/mol. The van der Waals surface area contributed by atoms with Gasteiger partial charge in [0.05, 0.1) is 12.1 Å². The Morgan fingerprint density at radius 3 is 2.18 bits per heavy atom. The highest BCUT2D eigenvalue weighted by Crippen LogP contribution is 2.36. The highest BCUT2D eigenvalue weighted by atomic mass is 16.2. The molecule has 5 rings (SSSR count). The Morgan fingerprint density at radius 2 is 1.39 bits per heavy atom. The summed E-state index contributed by atoms with van der Waals surface area (Å²) in [4.78, 5) is 27.7. The van der Waals surface area contributed by atoms with Crippen LogP contribution in [-0.2, 0) is 17.6 Å². The van der Waals surface area contributed by atoms with Gasteiger partial charge < -0.3 is 10.2 Å². The maximum absolute atomic E-state index is 13.5. The third-order valence-corrected chi connectivity index (χ3v) is 5.98. The molecule has 1 aliphatic rings. The van der Waals surface area contributed by atoms with Gasteiger partial charge in [-0.15, -0.1) is 0 Å². The molecule has 0 radical (unpaired) electrons. The van der Waals surface area contributed by atoms with Crippen LogP contribution in [0.3, 0.4) is 0 Å². The molecule has 162 valence electrons. The van der Waals surface area contributed by atoms with Gasteiger partial charge in [-0.05, 0) is 53.4 Å². The van der Waals surface area contributed by atoms with Crippen LogP contribution in [0, 0.1) is 0 Å². The van der Waals surface area contributed by atoms with E-state index in [2.05, 4.69) is 23.5 Å². The highest BCUT2D eigenvalue weighted by Gasteiger charge is 2.24. The van der Waals surface area contributed by atoms with Gasteiger partial charge in [-0.2, -0.15) is 0 Å². The van der Waals surface area contributed by atoms with Gasteiger partial charge in [0.25, 0.3) is 5.91 Å². The van der Waals surface area contributed by atoms with Crippen molar-refractivity contribution in [2.45, 2.75) is 12.8 Å². The number of anilines is 2. The summed E-state index contributed by atoms with van der Waals surface area (Å²) in [5.41, 5.74) is 6.66. The van der Waals surface area contributed by atoms with Crippen LogP contribution in [0.2, 0.25) is 0 Å². The molecule has 1 heterocycles. The SMILES string of the molecule is O=C(Cc1ccccc1)Nc1ccc(C(=O)N2CCc3ccccc3-c3ccccc32)cc1. The first-order valence-corrected chi connectivity index (χ1v) is 11.1. The maximum atomic E-state index is 13.5. The maximum Gasteiger partial charge on any atom is 0.258 e. The van der Waals surface area contributed by atoms with E-state index >= 15 is 0 Å². The fourth-order valence-corrected chi connectivity index (χ4v) is 4.34. The monoisotopic (exact) mass is 432 g/mol. The second-order valence-corrected chi connectivity index (χ2v) is 8.17. The van der Waals surface area contributed by atoms with Gasteiger partial charge in [0.15, 0.2) is 0 Å². The molecule has 1 N–H and O–H groups in total. The molecular weight excluding hydrogens is 408 g/mol. The average Bonchev–Trinajstić information content (AvgIpc) is 3.02. The van der Waals surface area contributed by atoms with Crippen LogP contribution in [0.5, 0.6) is 0 Å². The molecule has 0 unspecified atom stereocenters. The van der Waals surface area contributed by atoms with Crippen molar-refractivity contribution in [2.75, 3.05) is 16.8 Å². The van der Waals surface area contributed by atoms with Crippen LogP contribution in [0.1, 0.15) is 21.5 Å². The van der Waals surface area contributed by atoms with Crippen LogP contribution in [0.15, 0.2) is 103 Å². The number of fused-ring (bicyclic) bond motifs is 3. The minimum absolute atomic E-state index is 0.0441. The number of carbonyl (C=O) groups excluding carboxylic acids is 2. The summed E-state index contributed by atoms with van der Waals surface area (Å²) in [5, 5.41) is 2.91. The van der Waals surface area contributed by atoms with Crippen LogP contribution >= 0.6 is 0 Å². The van der Waals surface area contributed by atoms with Gasteiger partial charge in [-0.3, -0.25) is 9.59 Å². The number of para-hydroxylation sites is 1. The number of hydrogen-bond donors (Lipinski definition) is 1. The van der Waals surface area contributed by atoms with Crippen LogP contribution in [0.25, 0.3) is 11.1 Å². The molecule has 0 bridgehead atoms. The number of hydrogen-bond acceptors (Lipinski definition) is 2. The normalized spacial score (nSPS) is 12.3. The smallest absolute Gasteiger partial charge is 0.258 e. The molecule has 0 spiro atoms. The molecule has 0 fully saturated rings. The Kier molecular flexibility index (Phi) is 5.73. The lowest BCUT2D eigenvalue weighted by molar-refractivity contribution is -0.115. The number of benzene rings is 4. The summed E-state index contributed by atoms with van der Waals surface area (Å²) in [5.74, 6) is -0.128. The van der Waals surface area contributed by atoms with Crippen molar-refractivity contribution in [3.63, 3.8) is 0 Å². The molecule has 1 aliphatic heterocycles. The molecule has 0 aromatic heterocycles. The molecule has 0 saturated heterocycles. The van der Waals surface area contributed by atoms with Crippen LogP contribution in [-0.4, -0.2) is 18.4 Å². The Bertz CT molecular complexity index is 1300. The Balaban J connectivity index is 1.34. The van der Waals surface area contributed by atoms with E-state index in [0.717, 1.165) is 23.2 Å². The quantitative estimate of drug-likeness (QED) is 0.447. The second-order valence-electron chi connectivity index (χ2n) is 8.17. The summed E-state index contributed by atoms with van der Waals surface area (Å²) in [6, 6.07) is 33.2. The lowest BCUT2D eigenvalue weighted by Gasteiger charge is -2.23. The fourth-order valence-electron chi connectivity index (χ4n) is 4.34. The predicted octanol–water partition coefficient (Wildman–Crippen LogP) is 5.74. The summed E-state index contributed by atoms with van der Waals surface area (Å²) >= 11 is 0. The number of carbonyl (C=O) groups is 2. The third kappa shape index (κ3) is 4.41. The topological polar surface area (TPSA) is 49.4 Å². The minimum atomic E-state index is -0.0838. The van der Waals surface area contributed by atoms with Crippen LogP contribution in [0.4, 0.5) is 11.4 Å². The van der Waals surface area contributed by atoms with E-state index in [0.29, 0.717) is 24.2 Å². The van der Waals surface area contributed by atoms with Crippen molar-refractivity contribution in [3.8, 4) is 11.1 Å². The van der Waals surface area contributed by atoms with E-state index in [1.807, 2.05) is 65.6 Å².